The molecule has 0 aliphatic heterocycles. The van der Waals surface area contributed by atoms with Gasteiger partial charge in [-0.25, -0.2) is 4.79 Å². The molecule has 1 aromatic carbocycles. The second-order valence-electron chi connectivity index (χ2n) is 9.45. The van der Waals surface area contributed by atoms with Crippen molar-refractivity contribution in [3.63, 3.8) is 0 Å². The fraction of sp³-hybridized carbons (Fsp3) is 0.129. The molecule has 0 aliphatic carbocycles. The Hall–Kier alpha value is -5.51. The van der Waals surface area contributed by atoms with Gasteiger partial charge in [-0.05, 0) is 60.1 Å². The van der Waals surface area contributed by atoms with Gasteiger partial charge in [0.05, 0.1) is 42.2 Å². The van der Waals surface area contributed by atoms with E-state index in [9.17, 15) is 9.90 Å². The van der Waals surface area contributed by atoms with Crippen molar-refractivity contribution in [3.8, 4) is 34.1 Å². The summed E-state index contributed by atoms with van der Waals surface area (Å²) in [5.74, 6) is -0.526. The number of carbonyl (C=O) groups is 1. The third-order valence-corrected chi connectivity index (χ3v) is 7.19. The van der Waals surface area contributed by atoms with Crippen LogP contribution >= 0.6 is 0 Å². The lowest BCUT2D eigenvalue weighted by Crippen LogP contribution is -2.34. The molecule has 6 aromatic rings. The number of aromatic nitrogens is 5. The highest BCUT2D eigenvalue weighted by Gasteiger charge is 2.36. The van der Waals surface area contributed by atoms with Crippen LogP contribution in [0.3, 0.4) is 0 Å². The highest BCUT2D eigenvalue weighted by Crippen LogP contribution is 2.43. The number of carboxylic acids is 1. The minimum absolute atomic E-state index is 0.197. The van der Waals surface area contributed by atoms with Crippen LogP contribution < -0.4 is 9.47 Å². The van der Waals surface area contributed by atoms with Crippen molar-refractivity contribution in [2.75, 3.05) is 14.2 Å². The van der Waals surface area contributed by atoms with E-state index in [2.05, 4.69) is 16.6 Å². The Kier molecular flexibility index (Phi) is 6.43. The number of carboxylic acid groups (broad SMARTS) is 1. The molecular formula is C31H25N5O5. The van der Waals surface area contributed by atoms with E-state index in [1.165, 1.54) is 14.2 Å². The fourth-order valence-electron chi connectivity index (χ4n) is 5.08. The van der Waals surface area contributed by atoms with E-state index in [4.69, 9.17) is 28.9 Å². The molecule has 0 fully saturated rings. The van der Waals surface area contributed by atoms with Crippen LogP contribution in [0.15, 0.2) is 96.0 Å². The van der Waals surface area contributed by atoms with Crippen molar-refractivity contribution in [2.24, 2.45) is 0 Å². The van der Waals surface area contributed by atoms with Gasteiger partial charge in [0.1, 0.15) is 11.1 Å². The van der Waals surface area contributed by atoms with Gasteiger partial charge >= 0.3 is 11.9 Å². The number of ether oxygens (including phenoxy) is 2. The lowest BCUT2D eigenvalue weighted by Gasteiger charge is -2.31. The molecule has 1 N–H and O–H groups in total. The molecule has 10 nitrogen and oxygen atoms in total. The topological polar surface area (TPSA) is 125 Å². The number of hydrogen-bond donors (Lipinski definition) is 1. The zero-order valence-corrected chi connectivity index (χ0v) is 22.5. The minimum atomic E-state index is -0.990. The molecule has 10 heteroatoms. The van der Waals surface area contributed by atoms with Crippen molar-refractivity contribution in [1.29, 1.82) is 0 Å². The van der Waals surface area contributed by atoms with Gasteiger partial charge in [-0.1, -0.05) is 24.3 Å². The zero-order valence-electron chi connectivity index (χ0n) is 22.5. The monoisotopic (exact) mass is 547 g/mol. The number of nitrogens with zero attached hydrogens (tertiary/aromatic N) is 5. The predicted octanol–water partition coefficient (Wildman–Crippen LogP) is 5.68. The van der Waals surface area contributed by atoms with Crippen molar-refractivity contribution in [1.82, 2.24) is 24.7 Å². The average molecular weight is 548 g/mol. The molecule has 0 saturated heterocycles. The first-order valence-corrected chi connectivity index (χ1v) is 12.7. The Balaban J connectivity index is 1.68. The van der Waals surface area contributed by atoms with E-state index in [0.717, 1.165) is 28.0 Å². The van der Waals surface area contributed by atoms with Crippen LogP contribution in [-0.2, 0) is 5.54 Å². The van der Waals surface area contributed by atoms with Gasteiger partial charge in [0.2, 0.25) is 0 Å². The zero-order chi connectivity index (χ0) is 28.6. The predicted molar refractivity (Wildman–Crippen MR) is 151 cm³/mol. The summed E-state index contributed by atoms with van der Waals surface area (Å²) in [7, 11) is 3.00. The summed E-state index contributed by atoms with van der Waals surface area (Å²) in [5, 5.41) is 13.4. The molecule has 0 amide bonds. The van der Waals surface area contributed by atoms with E-state index >= 15 is 0 Å². The third-order valence-electron chi connectivity index (χ3n) is 7.19. The lowest BCUT2D eigenvalue weighted by molar-refractivity contribution is 0.0697. The van der Waals surface area contributed by atoms with E-state index in [0.29, 0.717) is 16.6 Å². The Morgan fingerprint density at radius 2 is 1.59 bits per heavy atom. The van der Waals surface area contributed by atoms with Gasteiger partial charge in [-0.15, -0.1) is 0 Å². The number of hydrogen-bond acceptors (Lipinski definition) is 8. The second-order valence-corrected chi connectivity index (χ2v) is 9.45. The molecule has 5 heterocycles. The average Bonchev–Trinajstić information content (AvgIpc) is 3.63. The van der Waals surface area contributed by atoms with Crippen LogP contribution in [0.5, 0.6) is 11.8 Å². The van der Waals surface area contributed by atoms with Crippen molar-refractivity contribution in [3.05, 3.63) is 108 Å². The second kappa shape index (κ2) is 10.2. The standard InChI is InChI=1S/C31H25N5O5/c1-31(24-8-4-6-14-32-24,25-9-5-7-15-33-25)36-18-22(19-10-12-20(13-11-19)29(37)38)27-23(36)16-21(17-34-27)26-28(39-2)35-41-30(26)40-3/h4-18H,1-3H3,(H,37,38). The fourth-order valence-corrected chi connectivity index (χ4v) is 5.08. The van der Waals surface area contributed by atoms with Gasteiger partial charge in [0.15, 0.2) is 0 Å². The van der Waals surface area contributed by atoms with Crippen LogP contribution in [0, 0.1) is 0 Å². The molecule has 0 atom stereocenters. The highest BCUT2D eigenvalue weighted by atomic mass is 16.6. The first kappa shape index (κ1) is 25.8. The van der Waals surface area contributed by atoms with Crippen LogP contribution in [-0.4, -0.2) is 50.0 Å². The summed E-state index contributed by atoms with van der Waals surface area (Å²) in [5.41, 5.74) is 5.17. The molecule has 6 rings (SSSR count). The third kappa shape index (κ3) is 4.26. The summed E-state index contributed by atoms with van der Waals surface area (Å²) in [6.07, 6.45) is 7.22. The number of aromatic carboxylic acids is 1. The highest BCUT2D eigenvalue weighted by molar-refractivity contribution is 5.96. The molecule has 0 spiro atoms. The van der Waals surface area contributed by atoms with Crippen LogP contribution in [0.25, 0.3) is 33.3 Å². The summed E-state index contributed by atoms with van der Waals surface area (Å²) in [6.45, 7) is 2.06. The Morgan fingerprint density at radius 1 is 0.902 bits per heavy atom. The maximum atomic E-state index is 11.5. The molecule has 0 unspecified atom stereocenters. The number of rotatable bonds is 8. The smallest absolute Gasteiger partial charge is 0.335 e. The summed E-state index contributed by atoms with van der Waals surface area (Å²) in [4.78, 5) is 25.9. The molecule has 0 saturated carbocycles. The van der Waals surface area contributed by atoms with E-state index < -0.39 is 11.5 Å². The van der Waals surface area contributed by atoms with Crippen molar-refractivity contribution in [2.45, 2.75) is 12.5 Å². The SMILES string of the molecule is COc1noc(OC)c1-c1cnc2c(-c3ccc(C(=O)O)cc3)cn(C(C)(c3ccccn3)c3ccccn3)c2c1. The lowest BCUT2D eigenvalue weighted by atomic mass is 9.91. The number of fused-ring (bicyclic) bond motifs is 1. The number of pyridine rings is 3. The van der Waals surface area contributed by atoms with Gasteiger partial charge < -0.3 is 23.7 Å². The number of methoxy groups -OCH3 is 2. The number of benzene rings is 1. The Bertz CT molecular complexity index is 1790. The first-order valence-electron chi connectivity index (χ1n) is 12.7. The van der Waals surface area contributed by atoms with Gasteiger partial charge in [-0.2, -0.15) is 0 Å². The van der Waals surface area contributed by atoms with E-state index in [-0.39, 0.29) is 17.4 Å². The largest absolute Gasteiger partial charge is 0.478 e. The Labute approximate surface area is 234 Å². The molecular weight excluding hydrogens is 522 g/mol. The van der Waals surface area contributed by atoms with Crippen molar-refractivity contribution >= 4 is 17.0 Å². The summed E-state index contributed by atoms with van der Waals surface area (Å²) >= 11 is 0. The van der Waals surface area contributed by atoms with Crippen molar-refractivity contribution < 1.29 is 23.9 Å². The van der Waals surface area contributed by atoms with Gasteiger partial charge in [0.25, 0.3) is 5.88 Å². The summed E-state index contributed by atoms with van der Waals surface area (Å²) < 4.78 is 18.3. The van der Waals surface area contributed by atoms with E-state index in [1.807, 2.05) is 48.7 Å². The summed E-state index contributed by atoms with van der Waals surface area (Å²) in [6, 6.07) is 20.2. The van der Waals surface area contributed by atoms with Crippen LogP contribution in [0.4, 0.5) is 0 Å². The van der Waals surface area contributed by atoms with Crippen LogP contribution in [0.2, 0.25) is 0 Å². The Morgan fingerprint density at radius 3 is 2.15 bits per heavy atom. The molecule has 0 bridgehead atoms. The van der Waals surface area contributed by atoms with Gasteiger partial charge in [-0.3, -0.25) is 15.0 Å². The molecule has 204 valence electrons. The molecule has 41 heavy (non-hydrogen) atoms. The normalized spacial score (nSPS) is 11.5. The molecule has 0 radical (unpaired) electrons. The maximum Gasteiger partial charge on any atom is 0.335 e. The first-order chi connectivity index (χ1) is 20.0. The van der Waals surface area contributed by atoms with Gasteiger partial charge in [0, 0.05) is 35.9 Å². The maximum absolute atomic E-state index is 11.5. The van der Waals surface area contributed by atoms with Crippen LogP contribution in [0.1, 0.15) is 28.7 Å². The quantitative estimate of drug-likeness (QED) is 0.256. The molecule has 0 aliphatic rings. The van der Waals surface area contributed by atoms with E-state index in [1.54, 1.807) is 42.9 Å². The minimum Gasteiger partial charge on any atom is -0.478 e. The molecule has 5 aromatic heterocycles.